The Kier molecular flexibility index (Phi) is 5.42. The summed E-state index contributed by atoms with van der Waals surface area (Å²) in [5.41, 5.74) is 7.90. The molecular weight excluding hydrogens is 336 g/mol. The van der Waals surface area contributed by atoms with E-state index in [-0.39, 0.29) is 0 Å². The van der Waals surface area contributed by atoms with Crippen molar-refractivity contribution in [3.63, 3.8) is 0 Å². The summed E-state index contributed by atoms with van der Waals surface area (Å²) in [4.78, 5) is 15.1. The van der Waals surface area contributed by atoms with Crippen LogP contribution in [0.4, 0.5) is 10.8 Å². The van der Waals surface area contributed by atoms with Crippen molar-refractivity contribution in [1.82, 2.24) is 19.9 Å². The van der Waals surface area contributed by atoms with Crippen molar-refractivity contribution in [3.8, 4) is 23.0 Å². The Morgan fingerprint density at radius 1 is 1.20 bits per heavy atom. The van der Waals surface area contributed by atoms with Gasteiger partial charge in [0, 0.05) is 36.3 Å². The third kappa shape index (κ3) is 4.88. The van der Waals surface area contributed by atoms with E-state index in [2.05, 4.69) is 25.2 Å². The number of rotatable bonds is 7. The molecule has 0 aliphatic rings. The first-order chi connectivity index (χ1) is 12.1. The summed E-state index contributed by atoms with van der Waals surface area (Å²) in [6.45, 7) is 1.79. The zero-order chi connectivity index (χ0) is 17.6. The maximum Gasteiger partial charge on any atom is 0.222 e. The van der Waals surface area contributed by atoms with Crippen LogP contribution in [0.3, 0.4) is 0 Å². The van der Waals surface area contributed by atoms with Gasteiger partial charge in [0.05, 0.1) is 5.69 Å². The molecule has 0 radical (unpaired) electrons. The van der Waals surface area contributed by atoms with Crippen LogP contribution >= 0.6 is 11.3 Å². The average molecular weight is 356 g/mol. The van der Waals surface area contributed by atoms with E-state index < -0.39 is 0 Å². The van der Waals surface area contributed by atoms with Crippen LogP contribution in [0.15, 0.2) is 42.0 Å². The number of ether oxygens (including phenoxy) is 1. The number of nitrogens with zero attached hydrogens (tertiary/aromatic N) is 4. The predicted octanol–water partition coefficient (Wildman–Crippen LogP) is 2.95. The second kappa shape index (κ2) is 7.91. The van der Waals surface area contributed by atoms with Gasteiger partial charge in [0.1, 0.15) is 17.8 Å². The standard InChI is InChI=1S/C17H20N6OS/c1-23(2)7-6-19-17-22-15(10-25-17)14-9-16(21-11-20-14)24-13-5-3-4-12(18)8-13/h3-5,8-11H,6-7,18H2,1-2H3,(H,19,22). The Morgan fingerprint density at radius 3 is 2.88 bits per heavy atom. The van der Waals surface area contributed by atoms with Crippen molar-refractivity contribution in [2.24, 2.45) is 0 Å². The van der Waals surface area contributed by atoms with E-state index in [0.717, 1.165) is 23.9 Å². The molecular formula is C17H20N6OS. The maximum absolute atomic E-state index is 5.76. The number of hydrogen-bond donors (Lipinski definition) is 2. The van der Waals surface area contributed by atoms with Gasteiger partial charge in [-0.05, 0) is 26.2 Å². The molecule has 0 saturated heterocycles. The fourth-order valence-corrected chi connectivity index (χ4v) is 2.83. The number of aromatic nitrogens is 3. The molecule has 25 heavy (non-hydrogen) atoms. The molecule has 0 fully saturated rings. The number of benzene rings is 1. The molecule has 3 N–H and O–H groups in total. The van der Waals surface area contributed by atoms with Gasteiger partial charge < -0.3 is 20.7 Å². The maximum atomic E-state index is 5.76. The van der Waals surface area contributed by atoms with Gasteiger partial charge in [0.2, 0.25) is 5.88 Å². The second-order valence-electron chi connectivity index (χ2n) is 5.68. The number of hydrogen-bond acceptors (Lipinski definition) is 8. The van der Waals surface area contributed by atoms with Crippen LogP contribution in [0, 0.1) is 0 Å². The number of thiazole rings is 1. The summed E-state index contributed by atoms with van der Waals surface area (Å²) >= 11 is 1.55. The van der Waals surface area contributed by atoms with Crippen molar-refractivity contribution in [1.29, 1.82) is 0 Å². The molecule has 0 saturated carbocycles. The fraction of sp³-hybridized carbons (Fsp3) is 0.235. The van der Waals surface area contributed by atoms with Crippen molar-refractivity contribution in [2.45, 2.75) is 0 Å². The minimum atomic E-state index is 0.450. The smallest absolute Gasteiger partial charge is 0.222 e. The molecule has 2 heterocycles. The lowest BCUT2D eigenvalue weighted by atomic mass is 10.3. The molecule has 0 unspecified atom stereocenters. The summed E-state index contributed by atoms with van der Waals surface area (Å²) in [6.07, 6.45) is 1.47. The summed E-state index contributed by atoms with van der Waals surface area (Å²) < 4.78 is 5.74. The molecule has 8 heteroatoms. The summed E-state index contributed by atoms with van der Waals surface area (Å²) in [6, 6.07) is 8.98. The van der Waals surface area contributed by atoms with Crippen LogP contribution in [0.25, 0.3) is 11.4 Å². The summed E-state index contributed by atoms with van der Waals surface area (Å²) in [5, 5.41) is 6.14. The highest BCUT2D eigenvalue weighted by molar-refractivity contribution is 7.14. The monoisotopic (exact) mass is 356 g/mol. The Bertz CT molecular complexity index is 835. The second-order valence-corrected chi connectivity index (χ2v) is 6.54. The van der Waals surface area contributed by atoms with Crippen LogP contribution in [-0.4, -0.2) is 47.0 Å². The zero-order valence-electron chi connectivity index (χ0n) is 14.1. The minimum Gasteiger partial charge on any atom is -0.439 e. The predicted molar refractivity (Wildman–Crippen MR) is 101 cm³/mol. The first-order valence-corrected chi connectivity index (χ1v) is 8.68. The molecule has 0 aliphatic heterocycles. The lowest BCUT2D eigenvalue weighted by Crippen LogP contribution is -2.20. The number of nitrogens with two attached hydrogens (primary N) is 1. The minimum absolute atomic E-state index is 0.450. The third-order valence-corrected chi connectivity index (χ3v) is 4.12. The number of nitrogen functional groups attached to an aromatic ring is 1. The summed E-state index contributed by atoms with van der Waals surface area (Å²) in [5.74, 6) is 1.08. The first-order valence-electron chi connectivity index (χ1n) is 7.80. The van der Waals surface area contributed by atoms with E-state index in [1.165, 1.54) is 6.33 Å². The topological polar surface area (TPSA) is 89.2 Å². The Balaban J connectivity index is 1.70. The van der Waals surface area contributed by atoms with E-state index in [9.17, 15) is 0 Å². The molecule has 3 rings (SSSR count). The molecule has 130 valence electrons. The molecule has 2 aromatic heterocycles. The van der Waals surface area contributed by atoms with Crippen LogP contribution < -0.4 is 15.8 Å². The highest BCUT2D eigenvalue weighted by atomic mass is 32.1. The fourth-order valence-electron chi connectivity index (χ4n) is 2.09. The van der Waals surface area contributed by atoms with E-state index in [4.69, 9.17) is 10.5 Å². The van der Waals surface area contributed by atoms with Crippen LogP contribution in [-0.2, 0) is 0 Å². The molecule has 3 aromatic rings. The molecule has 0 atom stereocenters. The van der Waals surface area contributed by atoms with Gasteiger partial charge in [-0.25, -0.2) is 15.0 Å². The van der Waals surface area contributed by atoms with Gasteiger partial charge in [-0.1, -0.05) is 6.07 Å². The van der Waals surface area contributed by atoms with E-state index in [0.29, 0.717) is 23.0 Å². The van der Waals surface area contributed by atoms with Gasteiger partial charge in [0.15, 0.2) is 5.13 Å². The molecule has 0 bridgehead atoms. The van der Waals surface area contributed by atoms with Gasteiger partial charge in [-0.2, -0.15) is 0 Å². The van der Waals surface area contributed by atoms with Crippen molar-refractivity contribution in [2.75, 3.05) is 38.2 Å². The largest absolute Gasteiger partial charge is 0.439 e. The van der Waals surface area contributed by atoms with E-state index in [1.54, 1.807) is 29.5 Å². The van der Waals surface area contributed by atoms with Gasteiger partial charge >= 0.3 is 0 Å². The van der Waals surface area contributed by atoms with Crippen molar-refractivity contribution >= 4 is 22.2 Å². The number of anilines is 2. The van der Waals surface area contributed by atoms with Crippen molar-refractivity contribution in [3.05, 3.63) is 42.0 Å². The lowest BCUT2D eigenvalue weighted by molar-refractivity contribution is 0.425. The number of likely N-dealkylation sites (N-methyl/N-ethyl adjacent to an activating group) is 1. The Morgan fingerprint density at radius 2 is 2.08 bits per heavy atom. The van der Waals surface area contributed by atoms with E-state index in [1.807, 2.05) is 31.6 Å². The Hall–Kier alpha value is -2.71. The molecule has 0 spiro atoms. The molecule has 0 aliphatic carbocycles. The zero-order valence-corrected chi connectivity index (χ0v) is 15.0. The average Bonchev–Trinajstić information content (AvgIpc) is 3.04. The van der Waals surface area contributed by atoms with Crippen LogP contribution in [0.5, 0.6) is 11.6 Å². The normalized spacial score (nSPS) is 10.8. The van der Waals surface area contributed by atoms with Crippen LogP contribution in [0.2, 0.25) is 0 Å². The summed E-state index contributed by atoms with van der Waals surface area (Å²) in [7, 11) is 4.08. The van der Waals surface area contributed by atoms with Gasteiger partial charge in [-0.3, -0.25) is 0 Å². The lowest BCUT2D eigenvalue weighted by Gasteiger charge is -2.09. The Labute approximate surface area is 150 Å². The first kappa shape index (κ1) is 17.1. The van der Waals surface area contributed by atoms with Crippen molar-refractivity contribution < 1.29 is 4.74 Å². The molecule has 7 nitrogen and oxygen atoms in total. The van der Waals surface area contributed by atoms with Crippen LogP contribution in [0.1, 0.15) is 0 Å². The SMILES string of the molecule is CN(C)CCNc1nc(-c2cc(Oc3cccc(N)c3)ncn2)cs1. The molecule has 0 amide bonds. The van der Waals surface area contributed by atoms with Gasteiger partial charge in [-0.15, -0.1) is 11.3 Å². The number of nitrogens with one attached hydrogen (secondary N) is 1. The third-order valence-electron chi connectivity index (χ3n) is 3.32. The quantitative estimate of drug-likeness (QED) is 0.629. The highest BCUT2D eigenvalue weighted by Crippen LogP contribution is 2.27. The van der Waals surface area contributed by atoms with Gasteiger partial charge in [0.25, 0.3) is 0 Å². The van der Waals surface area contributed by atoms with E-state index >= 15 is 0 Å². The highest BCUT2D eigenvalue weighted by Gasteiger charge is 2.08. The molecule has 1 aromatic carbocycles.